The summed E-state index contributed by atoms with van der Waals surface area (Å²) in [6.45, 7) is 2.82. The molecule has 0 bridgehead atoms. The van der Waals surface area contributed by atoms with Gasteiger partial charge in [-0.2, -0.15) is 10.2 Å². The molecule has 6 heteroatoms. The highest BCUT2D eigenvalue weighted by Crippen LogP contribution is 2.19. The molecule has 0 aliphatic rings. The van der Waals surface area contributed by atoms with Crippen LogP contribution in [0.15, 0.2) is 30.5 Å². The zero-order valence-corrected chi connectivity index (χ0v) is 11.0. The maximum Gasteiger partial charge on any atom is 0.224 e. The van der Waals surface area contributed by atoms with Crippen LogP contribution >= 0.6 is 0 Å². The molecule has 20 heavy (non-hydrogen) atoms. The summed E-state index contributed by atoms with van der Waals surface area (Å²) in [7, 11) is 0. The molecule has 0 saturated carbocycles. The zero-order chi connectivity index (χ0) is 14.4. The Morgan fingerprint density at radius 1 is 1.35 bits per heavy atom. The number of nitrogens with zero attached hydrogens (tertiary/aromatic N) is 3. The van der Waals surface area contributed by atoms with Gasteiger partial charge in [-0.1, -0.05) is 6.92 Å². The van der Waals surface area contributed by atoms with Crippen molar-refractivity contribution in [2.45, 2.75) is 13.3 Å². The van der Waals surface area contributed by atoms with Crippen LogP contribution in [-0.4, -0.2) is 16.5 Å². The van der Waals surface area contributed by atoms with Crippen molar-refractivity contribution in [3.63, 3.8) is 0 Å². The molecule has 0 atom stereocenters. The minimum Gasteiger partial charge on any atom is -0.354 e. The molecule has 0 radical (unpaired) electrons. The van der Waals surface area contributed by atoms with Gasteiger partial charge in [-0.05, 0) is 30.7 Å². The molecule has 0 spiro atoms. The number of rotatable bonds is 5. The van der Waals surface area contributed by atoms with Gasteiger partial charge < -0.3 is 10.6 Å². The first-order chi connectivity index (χ1) is 9.72. The number of aromatic nitrogens is 2. The standard InChI is InChI=1S/C14H14FN5/c1-2-6-17-14-18-7-5-13(20-14)19-12-4-3-10(9-16)8-11(12)15/h3-5,7-8H,2,6H2,1H3,(H2,17,18,19,20). The van der Waals surface area contributed by atoms with E-state index in [-0.39, 0.29) is 11.3 Å². The van der Waals surface area contributed by atoms with E-state index in [1.54, 1.807) is 18.3 Å². The molecule has 0 unspecified atom stereocenters. The third-order valence-electron chi connectivity index (χ3n) is 2.55. The Hall–Kier alpha value is -2.68. The number of nitriles is 1. The first-order valence-electron chi connectivity index (χ1n) is 6.26. The molecule has 5 nitrogen and oxygen atoms in total. The predicted molar refractivity (Wildman–Crippen MR) is 75.2 cm³/mol. The molecule has 1 aromatic heterocycles. The molecular weight excluding hydrogens is 257 g/mol. The maximum atomic E-state index is 13.8. The summed E-state index contributed by atoms with van der Waals surface area (Å²) < 4.78 is 13.8. The Labute approximate surface area is 116 Å². The SMILES string of the molecule is CCCNc1nccc(Nc2ccc(C#N)cc2F)n1. The Kier molecular flexibility index (Phi) is 4.45. The maximum absolute atomic E-state index is 13.8. The van der Waals surface area contributed by atoms with Gasteiger partial charge in [0.25, 0.3) is 0 Å². The van der Waals surface area contributed by atoms with Gasteiger partial charge in [-0.25, -0.2) is 9.37 Å². The second-order valence-corrected chi connectivity index (χ2v) is 4.12. The first kappa shape index (κ1) is 13.7. The molecule has 102 valence electrons. The lowest BCUT2D eigenvalue weighted by molar-refractivity contribution is 0.631. The van der Waals surface area contributed by atoms with Crippen molar-refractivity contribution < 1.29 is 4.39 Å². The van der Waals surface area contributed by atoms with Crippen LogP contribution in [0.5, 0.6) is 0 Å². The van der Waals surface area contributed by atoms with E-state index < -0.39 is 5.82 Å². The van der Waals surface area contributed by atoms with Crippen molar-refractivity contribution in [2.75, 3.05) is 17.2 Å². The predicted octanol–water partition coefficient (Wildman–Crippen LogP) is 3.05. The van der Waals surface area contributed by atoms with Crippen LogP contribution in [0.1, 0.15) is 18.9 Å². The van der Waals surface area contributed by atoms with Crippen molar-refractivity contribution in [3.05, 3.63) is 41.8 Å². The normalized spacial score (nSPS) is 9.85. The lowest BCUT2D eigenvalue weighted by atomic mass is 10.2. The van der Waals surface area contributed by atoms with Crippen molar-refractivity contribution in [2.24, 2.45) is 0 Å². The highest BCUT2D eigenvalue weighted by Gasteiger charge is 2.05. The number of nitrogens with one attached hydrogen (secondary N) is 2. The van der Waals surface area contributed by atoms with Crippen LogP contribution in [0.25, 0.3) is 0 Å². The summed E-state index contributed by atoms with van der Waals surface area (Å²) in [6.07, 6.45) is 2.56. The van der Waals surface area contributed by atoms with Gasteiger partial charge in [0, 0.05) is 12.7 Å². The van der Waals surface area contributed by atoms with Crippen molar-refractivity contribution in [3.8, 4) is 6.07 Å². The summed E-state index contributed by atoms with van der Waals surface area (Å²) in [5, 5.41) is 14.6. The molecule has 0 amide bonds. The second kappa shape index (κ2) is 6.48. The van der Waals surface area contributed by atoms with Crippen molar-refractivity contribution in [1.82, 2.24) is 9.97 Å². The van der Waals surface area contributed by atoms with Crippen LogP contribution in [0.4, 0.5) is 21.8 Å². The number of anilines is 3. The van der Waals surface area contributed by atoms with E-state index in [1.165, 1.54) is 12.1 Å². The summed E-state index contributed by atoms with van der Waals surface area (Å²) in [6, 6.07) is 7.77. The van der Waals surface area contributed by atoms with E-state index in [1.807, 2.05) is 13.0 Å². The minimum absolute atomic E-state index is 0.268. The summed E-state index contributed by atoms with van der Waals surface area (Å²) in [5.41, 5.74) is 0.546. The van der Waals surface area contributed by atoms with Crippen LogP contribution in [-0.2, 0) is 0 Å². The summed E-state index contributed by atoms with van der Waals surface area (Å²) in [5.74, 6) is 0.485. The Morgan fingerprint density at radius 2 is 2.20 bits per heavy atom. The van der Waals surface area contributed by atoms with Gasteiger partial charge >= 0.3 is 0 Å². The van der Waals surface area contributed by atoms with E-state index in [0.29, 0.717) is 11.8 Å². The van der Waals surface area contributed by atoms with Gasteiger partial charge in [0.1, 0.15) is 11.6 Å². The zero-order valence-electron chi connectivity index (χ0n) is 11.0. The van der Waals surface area contributed by atoms with Crippen LogP contribution in [0, 0.1) is 17.1 Å². The molecule has 2 rings (SSSR count). The van der Waals surface area contributed by atoms with E-state index in [4.69, 9.17) is 5.26 Å². The molecule has 0 aliphatic carbocycles. The fraction of sp³-hybridized carbons (Fsp3) is 0.214. The van der Waals surface area contributed by atoms with Gasteiger partial charge in [0.2, 0.25) is 5.95 Å². The Balaban J connectivity index is 2.15. The molecule has 2 aromatic rings. The topological polar surface area (TPSA) is 73.6 Å². The van der Waals surface area contributed by atoms with Crippen molar-refractivity contribution >= 4 is 17.5 Å². The lowest BCUT2D eigenvalue weighted by Crippen LogP contribution is -2.05. The van der Waals surface area contributed by atoms with Crippen LogP contribution < -0.4 is 10.6 Å². The van der Waals surface area contributed by atoms with Crippen molar-refractivity contribution in [1.29, 1.82) is 5.26 Å². The van der Waals surface area contributed by atoms with Gasteiger partial charge in [0.05, 0.1) is 17.3 Å². The number of halogens is 1. The largest absolute Gasteiger partial charge is 0.354 e. The lowest BCUT2D eigenvalue weighted by Gasteiger charge is -2.08. The monoisotopic (exact) mass is 271 g/mol. The molecule has 0 saturated heterocycles. The van der Waals surface area contributed by atoms with Gasteiger partial charge in [-0.15, -0.1) is 0 Å². The number of hydrogen-bond acceptors (Lipinski definition) is 5. The number of hydrogen-bond donors (Lipinski definition) is 2. The average Bonchev–Trinajstić information content (AvgIpc) is 2.47. The van der Waals surface area contributed by atoms with Gasteiger partial charge in [-0.3, -0.25) is 0 Å². The molecule has 0 fully saturated rings. The second-order valence-electron chi connectivity index (χ2n) is 4.12. The molecule has 2 N–H and O–H groups in total. The number of benzene rings is 1. The molecule has 1 heterocycles. The van der Waals surface area contributed by atoms with Gasteiger partial charge in [0.15, 0.2) is 0 Å². The van der Waals surface area contributed by atoms with Crippen LogP contribution in [0.2, 0.25) is 0 Å². The quantitative estimate of drug-likeness (QED) is 0.874. The van der Waals surface area contributed by atoms with E-state index in [9.17, 15) is 4.39 Å². The first-order valence-corrected chi connectivity index (χ1v) is 6.26. The third-order valence-corrected chi connectivity index (χ3v) is 2.55. The fourth-order valence-electron chi connectivity index (χ4n) is 1.57. The smallest absolute Gasteiger partial charge is 0.224 e. The Morgan fingerprint density at radius 3 is 2.90 bits per heavy atom. The average molecular weight is 271 g/mol. The molecule has 0 aliphatic heterocycles. The van der Waals surface area contributed by atoms with E-state index in [2.05, 4.69) is 20.6 Å². The Bertz CT molecular complexity index is 636. The minimum atomic E-state index is -0.495. The highest BCUT2D eigenvalue weighted by atomic mass is 19.1. The molecule has 1 aromatic carbocycles. The third kappa shape index (κ3) is 3.42. The van der Waals surface area contributed by atoms with Crippen LogP contribution in [0.3, 0.4) is 0 Å². The highest BCUT2D eigenvalue weighted by molar-refractivity contribution is 5.58. The van der Waals surface area contributed by atoms with E-state index >= 15 is 0 Å². The fourth-order valence-corrected chi connectivity index (χ4v) is 1.57. The molecular formula is C14H14FN5. The summed E-state index contributed by atoms with van der Waals surface area (Å²) >= 11 is 0. The summed E-state index contributed by atoms with van der Waals surface area (Å²) in [4.78, 5) is 8.29. The van der Waals surface area contributed by atoms with E-state index in [0.717, 1.165) is 13.0 Å².